The number of benzene rings is 2. The molecule has 3 aromatic heterocycles. The van der Waals surface area contributed by atoms with Crippen molar-refractivity contribution in [3.8, 4) is 10.6 Å². The fraction of sp³-hybridized carbons (Fsp3) is 0.250. The molecule has 0 atom stereocenters. The smallest absolute Gasteiger partial charge is 0.240 e. The first-order chi connectivity index (χ1) is 21.8. The molecular formula is C36H39FN4O3S. The minimum atomic E-state index is -1.06. The maximum Gasteiger partial charge on any atom is 0.240 e. The zero-order valence-corrected chi connectivity index (χ0v) is 27.3. The Bertz CT molecular complexity index is 1730. The number of nitrogens with one attached hydrogen (secondary N) is 2. The number of para-hydroxylation sites is 1. The number of carbonyl (C=O) groups is 3. The van der Waals surface area contributed by atoms with E-state index in [1.165, 1.54) is 16.3 Å². The molecule has 0 radical (unpaired) electrons. The molecule has 2 N–H and O–H groups in total. The molecule has 6 rings (SSSR count). The van der Waals surface area contributed by atoms with Gasteiger partial charge >= 0.3 is 0 Å². The van der Waals surface area contributed by atoms with Crippen molar-refractivity contribution in [2.45, 2.75) is 54.4 Å². The molecule has 234 valence electrons. The SMILES string of the molecule is CC.CC.Cc1ccc(NC(=O)C2(C(=O)Nc3ccccc3)CC2)cc1F.Cc1ccnc2cc(-c3ccc(C=O)cn3)sc12. The first kappa shape index (κ1) is 34.7. The van der Waals surface area contributed by atoms with E-state index < -0.39 is 11.3 Å². The van der Waals surface area contributed by atoms with Crippen LogP contribution < -0.4 is 10.6 Å². The van der Waals surface area contributed by atoms with Crippen LogP contribution >= 0.6 is 11.3 Å². The third-order valence-electron chi connectivity index (χ3n) is 6.86. The van der Waals surface area contributed by atoms with Crippen molar-refractivity contribution >= 4 is 51.0 Å². The van der Waals surface area contributed by atoms with E-state index in [0.717, 1.165) is 22.4 Å². The van der Waals surface area contributed by atoms with Crippen LogP contribution in [0.25, 0.3) is 20.8 Å². The average molecular weight is 627 g/mol. The summed E-state index contributed by atoms with van der Waals surface area (Å²) in [6.07, 6.45) is 5.19. The monoisotopic (exact) mass is 626 g/mol. The molecule has 0 bridgehead atoms. The van der Waals surface area contributed by atoms with E-state index in [2.05, 4.69) is 27.5 Å². The molecule has 0 unspecified atom stereocenters. The van der Waals surface area contributed by atoms with Gasteiger partial charge in [-0.15, -0.1) is 11.3 Å². The van der Waals surface area contributed by atoms with E-state index in [4.69, 9.17) is 0 Å². The van der Waals surface area contributed by atoms with Gasteiger partial charge in [-0.25, -0.2) is 4.39 Å². The summed E-state index contributed by atoms with van der Waals surface area (Å²) >= 11 is 1.68. The Kier molecular flexibility index (Phi) is 12.6. The Morgan fingerprint density at radius 3 is 2.04 bits per heavy atom. The van der Waals surface area contributed by atoms with Crippen molar-refractivity contribution in [1.29, 1.82) is 0 Å². The van der Waals surface area contributed by atoms with Gasteiger partial charge in [0, 0.05) is 29.3 Å². The largest absolute Gasteiger partial charge is 0.325 e. The van der Waals surface area contributed by atoms with Crippen LogP contribution in [-0.4, -0.2) is 28.1 Å². The van der Waals surface area contributed by atoms with Crippen molar-refractivity contribution in [1.82, 2.24) is 9.97 Å². The highest BCUT2D eigenvalue weighted by Crippen LogP contribution is 2.47. The molecule has 9 heteroatoms. The van der Waals surface area contributed by atoms with Gasteiger partial charge in [0.1, 0.15) is 11.2 Å². The second-order valence-electron chi connectivity index (χ2n) is 9.87. The molecule has 2 amide bonds. The highest BCUT2D eigenvalue weighted by Gasteiger charge is 2.56. The number of carbonyl (C=O) groups excluding carboxylic acids is 3. The number of thiophene rings is 1. The van der Waals surface area contributed by atoms with Crippen LogP contribution in [0.5, 0.6) is 0 Å². The molecule has 0 saturated heterocycles. The standard InChI is InChI=1S/C18H17FN2O2.C14H10N2OS.2C2H6/c1-12-7-8-14(11-15(12)19)21-17(23)18(9-10-18)16(22)20-13-5-3-2-4-6-13;1-9-4-5-15-12-6-13(18-14(9)12)11-3-2-10(8-17)7-16-11;2*1-2/h2-8,11H,9-10H2,1H3,(H,20,22)(H,21,23);2-8H,1H3;2*1-2H3. The number of aryl methyl sites for hydroxylation is 2. The van der Waals surface area contributed by atoms with E-state index in [0.29, 0.717) is 35.3 Å². The van der Waals surface area contributed by atoms with Gasteiger partial charge in [0.25, 0.3) is 0 Å². The molecule has 1 aliphatic rings. The van der Waals surface area contributed by atoms with Gasteiger partial charge < -0.3 is 10.6 Å². The molecule has 45 heavy (non-hydrogen) atoms. The van der Waals surface area contributed by atoms with Crippen LogP contribution in [0.1, 0.15) is 62.0 Å². The topological polar surface area (TPSA) is 101 Å². The third-order valence-corrected chi connectivity index (χ3v) is 8.15. The maximum atomic E-state index is 13.6. The lowest BCUT2D eigenvalue weighted by Crippen LogP contribution is -2.35. The first-order valence-corrected chi connectivity index (χ1v) is 15.8. The summed E-state index contributed by atoms with van der Waals surface area (Å²) in [6, 6.07) is 21.2. The molecule has 0 spiro atoms. The van der Waals surface area contributed by atoms with E-state index >= 15 is 0 Å². The second kappa shape index (κ2) is 16.4. The first-order valence-electron chi connectivity index (χ1n) is 15.0. The number of halogens is 1. The van der Waals surface area contributed by atoms with Crippen LogP contribution in [0.15, 0.2) is 85.2 Å². The highest BCUT2D eigenvalue weighted by molar-refractivity contribution is 7.22. The average Bonchev–Trinajstić information content (AvgIpc) is 3.78. The van der Waals surface area contributed by atoms with Crippen LogP contribution in [0, 0.1) is 25.1 Å². The number of aromatic nitrogens is 2. The molecule has 3 heterocycles. The Morgan fingerprint density at radius 1 is 0.822 bits per heavy atom. The molecule has 2 aromatic carbocycles. The van der Waals surface area contributed by atoms with Gasteiger partial charge in [0.05, 0.1) is 20.8 Å². The summed E-state index contributed by atoms with van der Waals surface area (Å²) in [5.74, 6) is -1.11. The van der Waals surface area contributed by atoms with E-state index in [1.54, 1.807) is 54.8 Å². The molecule has 1 saturated carbocycles. The fourth-order valence-electron chi connectivity index (χ4n) is 4.19. The lowest BCUT2D eigenvalue weighted by molar-refractivity contribution is -0.131. The number of hydrogen-bond acceptors (Lipinski definition) is 6. The number of amides is 2. The van der Waals surface area contributed by atoms with Crippen LogP contribution in [0.4, 0.5) is 15.8 Å². The van der Waals surface area contributed by atoms with E-state index in [-0.39, 0.29) is 11.7 Å². The summed E-state index contributed by atoms with van der Waals surface area (Å²) in [5.41, 5.74) is 4.15. The number of rotatable bonds is 6. The summed E-state index contributed by atoms with van der Waals surface area (Å²) in [4.78, 5) is 45.1. The zero-order chi connectivity index (χ0) is 33.0. The van der Waals surface area contributed by atoms with Crippen molar-refractivity contribution in [2.24, 2.45) is 5.41 Å². The van der Waals surface area contributed by atoms with Crippen molar-refractivity contribution in [3.63, 3.8) is 0 Å². The van der Waals surface area contributed by atoms with Gasteiger partial charge in [-0.1, -0.05) is 52.0 Å². The molecule has 5 aromatic rings. The van der Waals surface area contributed by atoms with Crippen LogP contribution in [-0.2, 0) is 9.59 Å². The van der Waals surface area contributed by atoms with Crippen molar-refractivity contribution in [2.75, 3.05) is 10.6 Å². The molecule has 1 aliphatic carbocycles. The summed E-state index contributed by atoms with van der Waals surface area (Å²) in [6.45, 7) is 11.7. The van der Waals surface area contributed by atoms with Crippen molar-refractivity contribution < 1.29 is 18.8 Å². The number of aldehydes is 1. The number of nitrogens with zero attached hydrogens (tertiary/aromatic N) is 2. The highest BCUT2D eigenvalue weighted by atomic mass is 32.1. The zero-order valence-electron chi connectivity index (χ0n) is 26.5. The van der Waals surface area contributed by atoms with Gasteiger partial charge in [-0.05, 0) is 86.3 Å². The molecule has 1 fully saturated rings. The van der Waals surface area contributed by atoms with Gasteiger partial charge in [-0.3, -0.25) is 24.4 Å². The quantitative estimate of drug-likeness (QED) is 0.145. The van der Waals surface area contributed by atoms with Gasteiger partial charge in [0.2, 0.25) is 11.8 Å². The predicted molar refractivity (Wildman–Crippen MR) is 182 cm³/mol. The number of fused-ring (bicyclic) bond motifs is 1. The number of hydrogen-bond donors (Lipinski definition) is 2. The van der Waals surface area contributed by atoms with Crippen LogP contribution in [0.2, 0.25) is 0 Å². The second-order valence-corrected chi connectivity index (χ2v) is 10.9. The lowest BCUT2D eigenvalue weighted by atomic mass is 10.0. The lowest BCUT2D eigenvalue weighted by Gasteiger charge is -2.15. The molecular weight excluding hydrogens is 587 g/mol. The Labute approximate surface area is 268 Å². The summed E-state index contributed by atoms with van der Waals surface area (Å²) < 4.78 is 14.7. The number of pyridine rings is 2. The number of anilines is 2. The Hall–Kier alpha value is -4.76. The summed E-state index contributed by atoms with van der Waals surface area (Å²) in [7, 11) is 0. The molecule has 7 nitrogen and oxygen atoms in total. The van der Waals surface area contributed by atoms with Gasteiger partial charge in [0.15, 0.2) is 6.29 Å². The van der Waals surface area contributed by atoms with Gasteiger partial charge in [-0.2, -0.15) is 0 Å². The predicted octanol–water partition coefficient (Wildman–Crippen LogP) is 9.02. The van der Waals surface area contributed by atoms with Crippen molar-refractivity contribution in [3.05, 3.63) is 108 Å². The summed E-state index contributed by atoms with van der Waals surface area (Å²) in [5, 5.41) is 5.40. The normalized spacial score (nSPS) is 12.2. The van der Waals surface area contributed by atoms with E-state index in [9.17, 15) is 18.8 Å². The maximum absolute atomic E-state index is 13.6. The fourth-order valence-corrected chi connectivity index (χ4v) is 5.25. The Morgan fingerprint density at radius 2 is 1.49 bits per heavy atom. The third kappa shape index (κ3) is 8.67. The van der Waals surface area contributed by atoms with E-state index in [1.807, 2.05) is 70.3 Å². The van der Waals surface area contributed by atoms with Crippen LogP contribution in [0.3, 0.4) is 0 Å². The minimum absolute atomic E-state index is 0.325. The molecule has 0 aliphatic heterocycles. The minimum Gasteiger partial charge on any atom is -0.325 e. The Balaban J connectivity index is 0.000000226.